The van der Waals surface area contributed by atoms with Gasteiger partial charge in [-0.15, -0.1) is 0 Å². The van der Waals surface area contributed by atoms with Gasteiger partial charge in [0.15, 0.2) is 11.5 Å². The van der Waals surface area contributed by atoms with Crippen molar-refractivity contribution in [1.29, 1.82) is 0 Å². The van der Waals surface area contributed by atoms with Gasteiger partial charge < -0.3 is 14.2 Å². The number of nitrogens with zero attached hydrogens (tertiary/aromatic N) is 1. The topological polar surface area (TPSA) is 111 Å². The second-order valence-corrected chi connectivity index (χ2v) is 6.65. The van der Waals surface area contributed by atoms with Crippen molar-refractivity contribution in [2.24, 2.45) is 0 Å². The van der Waals surface area contributed by atoms with Crippen molar-refractivity contribution >= 4 is 22.0 Å². The van der Waals surface area contributed by atoms with Gasteiger partial charge >= 0.3 is 6.09 Å². The van der Waals surface area contributed by atoms with E-state index in [1.54, 1.807) is 13.8 Å². The summed E-state index contributed by atoms with van der Waals surface area (Å²) >= 11 is 0. The SMILES string of the molecule is CCOC(=O)NC(=O)CN(CC)S(=O)(=O)c1ccc(OC)c(OC)c1. The quantitative estimate of drug-likeness (QED) is 0.722. The predicted molar refractivity (Wildman–Crippen MR) is 89.1 cm³/mol. The van der Waals surface area contributed by atoms with Gasteiger partial charge in [0.05, 0.1) is 32.3 Å². The van der Waals surface area contributed by atoms with E-state index in [9.17, 15) is 18.0 Å². The number of carbonyl (C=O) groups is 2. The Labute approximate surface area is 146 Å². The van der Waals surface area contributed by atoms with Crippen LogP contribution in [0.1, 0.15) is 13.8 Å². The predicted octanol–water partition coefficient (Wildman–Crippen LogP) is 0.987. The zero-order valence-corrected chi connectivity index (χ0v) is 15.4. The summed E-state index contributed by atoms with van der Waals surface area (Å²) in [6.45, 7) is 2.78. The minimum Gasteiger partial charge on any atom is -0.493 e. The number of benzene rings is 1. The van der Waals surface area contributed by atoms with Gasteiger partial charge in [-0.3, -0.25) is 10.1 Å². The van der Waals surface area contributed by atoms with Crippen molar-refractivity contribution in [2.75, 3.05) is 33.9 Å². The second kappa shape index (κ2) is 9.23. The Bertz CT molecular complexity index is 719. The highest BCUT2D eigenvalue weighted by molar-refractivity contribution is 7.89. The highest BCUT2D eigenvalue weighted by Crippen LogP contribution is 2.30. The van der Waals surface area contributed by atoms with E-state index in [-0.39, 0.29) is 23.8 Å². The molecule has 0 heterocycles. The Hall–Kier alpha value is -2.33. The molecular weight excluding hydrogens is 352 g/mol. The fraction of sp³-hybridized carbons (Fsp3) is 0.467. The van der Waals surface area contributed by atoms with E-state index in [1.807, 2.05) is 5.32 Å². The van der Waals surface area contributed by atoms with Crippen LogP contribution in [0.2, 0.25) is 0 Å². The van der Waals surface area contributed by atoms with Crippen LogP contribution < -0.4 is 14.8 Å². The van der Waals surface area contributed by atoms with Crippen molar-refractivity contribution in [2.45, 2.75) is 18.7 Å². The number of alkyl carbamates (subject to hydrolysis) is 1. The number of rotatable bonds is 8. The molecule has 9 nitrogen and oxygen atoms in total. The van der Waals surface area contributed by atoms with Gasteiger partial charge in [-0.25, -0.2) is 13.2 Å². The molecule has 140 valence electrons. The van der Waals surface area contributed by atoms with Crippen LogP contribution in [0.5, 0.6) is 11.5 Å². The monoisotopic (exact) mass is 374 g/mol. The van der Waals surface area contributed by atoms with Crippen LogP contribution in [0, 0.1) is 0 Å². The van der Waals surface area contributed by atoms with Gasteiger partial charge in [0, 0.05) is 12.6 Å². The number of ether oxygens (including phenoxy) is 3. The van der Waals surface area contributed by atoms with E-state index in [4.69, 9.17) is 9.47 Å². The van der Waals surface area contributed by atoms with Crippen LogP contribution in [-0.2, 0) is 19.6 Å². The van der Waals surface area contributed by atoms with E-state index in [1.165, 1.54) is 32.4 Å². The van der Waals surface area contributed by atoms with Crippen LogP contribution in [0.4, 0.5) is 4.79 Å². The van der Waals surface area contributed by atoms with Crippen LogP contribution in [0.25, 0.3) is 0 Å². The molecular formula is C15H22N2O7S. The van der Waals surface area contributed by atoms with Crippen molar-refractivity contribution in [3.05, 3.63) is 18.2 Å². The third kappa shape index (κ3) is 5.33. The molecule has 0 fully saturated rings. The van der Waals surface area contributed by atoms with Gasteiger partial charge in [0.1, 0.15) is 0 Å². The molecule has 1 rings (SSSR count). The zero-order chi connectivity index (χ0) is 19.0. The zero-order valence-electron chi connectivity index (χ0n) is 14.6. The molecule has 0 unspecified atom stereocenters. The number of hydrogen-bond donors (Lipinski definition) is 1. The second-order valence-electron chi connectivity index (χ2n) is 4.72. The first-order valence-corrected chi connectivity index (χ1v) is 8.92. The van der Waals surface area contributed by atoms with Crippen LogP contribution >= 0.6 is 0 Å². The number of likely N-dealkylation sites (N-methyl/N-ethyl adjacent to an activating group) is 1. The summed E-state index contributed by atoms with van der Waals surface area (Å²) in [6, 6.07) is 4.11. The van der Waals surface area contributed by atoms with Gasteiger partial charge in [0.25, 0.3) is 0 Å². The number of methoxy groups -OCH3 is 2. The lowest BCUT2D eigenvalue weighted by atomic mass is 10.3. The van der Waals surface area contributed by atoms with Crippen LogP contribution in [-0.4, -0.2) is 58.6 Å². The number of amides is 2. The largest absolute Gasteiger partial charge is 0.493 e. The molecule has 1 aromatic rings. The molecule has 0 bridgehead atoms. The number of imide groups is 1. The van der Waals surface area contributed by atoms with Gasteiger partial charge in [-0.2, -0.15) is 4.31 Å². The summed E-state index contributed by atoms with van der Waals surface area (Å²) in [6.07, 6.45) is -0.924. The van der Waals surface area contributed by atoms with Crippen molar-refractivity contribution in [1.82, 2.24) is 9.62 Å². The standard InChI is InChI=1S/C15H22N2O7S/c1-5-17(10-14(18)16-15(19)24-6-2)25(20,21)11-7-8-12(22-3)13(9-11)23-4/h7-9H,5-6,10H2,1-4H3,(H,16,18,19). The molecule has 0 aliphatic rings. The Morgan fingerprint density at radius 1 is 1.12 bits per heavy atom. The Kier molecular flexibility index (Phi) is 7.65. The average molecular weight is 374 g/mol. The lowest BCUT2D eigenvalue weighted by Crippen LogP contribution is -2.42. The van der Waals surface area contributed by atoms with Gasteiger partial charge in [-0.05, 0) is 19.1 Å². The Morgan fingerprint density at radius 2 is 1.76 bits per heavy atom. The first kappa shape index (κ1) is 20.7. The molecule has 0 saturated carbocycles. The molecule has 2 amide bonds. The fourth-order valence-electron chi connectivity index (χ4n) is 1.97. The molecule has 1 N–H and O–H groups in total. The molecule has 1 aromatic carbocycles. The minimum atomic E-state index is -3.97. The van der Waals surface area contributed by atoms with E-state index in [0.717, 1.165) is 4.31 Å². The van der Waals surface area contributed by atoms with Crippen LogP contribution in [0.3, 0.4) is 0 Å². The fourth-order valence-corrected chi connectivity index (χ4v) is 3.39. The smallest absolute Gasteiger partial charge is 0.413 e. The molecule has 0 saturated heterocycles. The highest BCUT2D eigenvalue weighted by atomic mass is 32.2. The maximum Gasteiger partial charge on any atom is 0.413 e. The van der Waals surface area contributed by atoms with E-state index in [0.29, 0.717) is 5.75 Å². The Morgan fingerprint density at radius 3 is 2.28 bits per heavy atom. The molecule has 0 aliphatic carbocycles. The summed E-state index contributed by atoms with van der Waals surface area (Å²) in [5.41, 5.74) is 0. The molecule has 0 aliphatic heterocycles. The average Bonchev–Trinajstić information content (AvgIpc) is 2.58. The summed E-state index contributed by atoms with van der Waals surface area (Å²) in [5, 5.41) is 1.96. The lowest BCUT2D eigenvalue weighted by molar-refractivity contribution is -0.120. The third-order valence-electron chi connectivity index (χ3n) is 3.18. The molecule has 25 heavy (non-hydrogen) atoms. The first-order chi connectivity index (χ1) is 11.8. The summed E-state index contributed by atoms with van der Waals surface area (Å²) in [4.78, 5) is 23.0. The lowest BCUT2D eigenvalue weighted by Gasteiger charge is -2.20. The van der Waals surface area contributed by atoms with E-state index in [2.05, 4.69) is 4.74 Å². The third-order valence-corrected chi connectivity index (χ3v) is 5.10. The normalized spacial score (nSPS) is 11.1. The summed E-state index contributed by atoms with van der Waals surface area (Å²) in [7, 11) is -1.14. The number of nitrogens with one attached hydrogen (secondary N) is 1. The number of hydrogen-bond acceptors (Lipinski definition) is 7. The van der Waals surface area contributed by atoms with Crippen molar-refractivity contribution in [3.63, 3.8) is 0 Å². The number of carbonyl (C=O) groups excluding carboxylic acids is 2. The highest BCUT2D eigenvalue weighted by Gasteiger charge is 2.27. The van der Waals surface area contributed by atoms with Gasteiger partial charge in [0.2, 0.25) is 15.9 Å². The molecule has 0 spiro atoms. The summed E-state index contributed by atoms with van der Waals surface area (Å²) in [5.74, 6) is -0.162. The molecule has 0 aromatic heterocycles. The maximum atomic E-state index is 12.7. The molecule has 0 atom stereocenters. The van der Waals surface area contributed by atoms with Crippen molar-refractivity contribution < 1.29 is 32.2 Å². The molecule has 10 heteroatoms. The minimum absolute atomic E-state index is 0.0346. The van der Waals surface area contributed by atoms with Gasteiger partial charge in [-0.1, -0.05) is 6.92 Å². The molecule has 0 radical (unpaired) electrons. The van der Waals surface area contributed by atoms with Crippen molar-refractivity contribution in [3.8, 4) is 11.5 Å². The van der Waals surface area contributed by atoms with Crippen LogP contribution in [0.15, 0.2) is 23.1 Å². The summed E-state index contributed by atoms with van der Waals surface area (Å²) < 4.78 is 41.1. The first-order valence-electron chi connectivity index (χ1n) is 7.48. The van der Waals surface area contributed by atoms with E-state index >= 15 is 0 Å². The Balaban J connectivity index is 3.01. The maximum absolute atomic E-state index is 12.7. The number of sulfonamides is 1. The van der Waals surface area contributed by atoms with E-state index < -0.39 is 28.6 Å².